The number of anilines is 2. The Bertz CT molecular complexity index is 1440. The van der Waals surface area contributed by atoms with Gasteiger partial charge < -0.3 is 14.5 Å². The average Bonchev–Trinajstić information content (AvgIpc) is 3.36. The third-order valence-electron chi connectivity index (χ3n) is 5.23. The lowest BCUT2D eigenvalue weighted by molar-refractivity contribution is -0.114. The first-order valence-electron chi connectivity index (χ1n) is 10.3. The Kier molecular flexibility index (Phi) is 5.14. The Labute approximate surface area is 192 Å². The third-order valence-corrected chi connectivity index (χ3v) is 5.23. The fourth-order valence-corrected chi connectivity index (χ4v) is 3.69. The van der Waals surface area contributed by atoms with Crippen LogP contribution in [0.15, 0.2) is 71.1 Å². The number of ether oxygens (including phenoxy) is 1. The number of fused-ring (bicyclic) bond motifs is 2. The Hall–Kier alpha value is -4.79. The van der Waals surface area contributed by atoms with Crippen LogP contribution in [0, 0.1) is 0 Å². The minimum atomic E-state index is -0.677. The summed E-state index contributed by atoms with van der Waals surface area (Å²) in [6, 6.07) is 17.7. The maximum Gasteiger partial charge on any atom is 0.338 e. The molecule has 1 aliphatic rings. The molecule has 0 spiro atoms. The maximum atomic E-state index is 13.0. The Balaban J connectivity index is 1.32. The van der Waals surface area contributed by atoms with Crippen LogP contribution in [0.1, 0.15) is 43.9 Å². The largest absolute Gasteiger partial charge is 0.452 e. The summed E-state index contributed by atoms with van der Waals surface area (Å²) in [5.74, 6) is -1.72. The van der Waals surface area contributed by atoms with E-state index in [1.807, 2.05) is 12.1 Å². The number of esters is 1. The van der Waals surface area contributed by atoms with Crippen molar-refractivity contribution < 1.29 is 28.3 Å². The number of amides is 3. The monoisotopic (exact) mass is 455 g/mol. The molecule has 1 N–H and O–H groups in total. The highest BCUT2D eigenvalue weighted by Crippen LogP contribution is 2.30. The zero-order chi connectivity index (χ0) is 23.8. The van der Waals surface area contributed by atoms with Gasteiger partial charge in [-0.1, -0.05) is 12.1 Å². The standard InChI is InChI=1S/C25H17N3O6/c1-14(29)26-16-7-9-17(10-8-16)28-23(30)18-11-6-15(12-19(18)24(28)31)25(32)33-13-22-27-20-4-2-3-5-21(20)34-22/h2-12H,13H2,1H3,(H,26,29). The van der Waals surface area contributed by atoms with Crippen molar-refractivity contribution in [3.63, 3.8) is 0 Å². The molecule has 0 atom stereocenters. The third kappa shape index (κ3) is 3.79. The topological polar surface area (TPSA) is 119 Å². The Morgan fingerprint density at radius 3 is 2.44 bits per heavy atom. The van der Waals surface area contributed by atoms with Crippen molar-refractivity contribution in [2.24, 2.45) is 0 Å². The van der Waals surface area contributed by atoms with Gasteiger partial charge in [-0.05, 0) is 54.6 Å². The average molecular weight is 455 g/mol. The number of oxazole rings is 1. The first kappa shape index (κ1) is 21.1. The van der Waals surface area contributed by atoms with Crippen molar-refractivity contribution in [2.45, 2.75) is 13.5 Å². The number of nitrogens with zero attached hydrogens (tertiary/aromatic N) is 2. The molecule has 0 fully saturated rings. The molecule has 9 nitrogen and oxygen atoms in total. The van der Waals surface area contributed by atoms with Crippen LogP contribution in [0.2, 0.25) is 0 Å². The molecule has 4 aromatic rings. The molecule has 1 aromatic heterocycles. The molecule has 3 aromatic carbocycles. The Morgan fingerprint density at radius 2 is 1.71 bits per heavy atom. The maximum absolute atomic E-state index is 13.0. The highest BCUT2D eigenvalue weighted by molar-refractivity contribution is 6.34. The van der Waals surface area contributed by atoms with Crippen LogP contribution in [0.3, 0.4) is 0 Å². The van der Waals surface area contributed by atoms with E-state index in [1.165, 1.54) is 25.1 Å². The van der Waals surface area contributed by atoms with Gasteiger partial charge in [0.1, 0.15) is 5.52 Å². The minimum absolute atomic E-state index is 0.104. The van der Waals surface area contributed by atoms with Crippen molar-refractivity contribution in [3.8, 4) is 0 Å². The molecule has 1 aliphatic heterocycles. The molecule has 168 valence electrons. The molecule has 0 unspecified atom stereocenters. The van der Waals surface area contributed by atoms with E-state index in [-0.39, 0.29) is 35.1 Å². The minimum Gasteiger partial charge on any atom is -0.452 e. The number of carbonyl (C=O) groups excluding carboxylic acids is 4. The van der Waals surface area contributed by atoms with Crippen molar-refractivity contribution in [3.05, 3.63) is 89.3 Å². The van der Waals surface area contributed by atoms with Crippen molar-refractivity contribution in [2.75, 3.05) is 10.2 Å². The normalized spacial score (nSPS) is 12.7. The fourth-order valence-electron chi connectivity index (χ4n) is 3.69. The van der Waals surface area contributed by atoms with E-state index < -0.39 is 17.8 Å². The highest BCUT2D eigenvalue weighted by atomic mass is 16.5. The Morgan fingerprint density at radius 1 is 0.971 bits per heavy atom. The summed E-state index contributed by atoms with van der Waals surface area (Å²) >= 11 is 0. The predicted molar refractivity (Wildman–Crippen MR) is 121 cm³/mol. The number of imide groups is 1. The number of hydrogen-bond acceptors (Lipinski definition) is 7. The summed E-state index contributed by atoms with van der Waals surface area (Å²) in [6.07, 6.45) is 0. The molecule has 0 bridgehead atoms. The van der Waals surface area contributed by atoms with Crippen LogP contribution < -0.4 is 10.2 Å². The zero-order valence-corrected chi connectivity index (χ0v) is 17.9. The molecule has 9 heteroatoms. The van der Waals surface area contributed by atoms with Gasteiger partial charge in [0.2, 0.25) is 11.8 Å². The number of hydrogen-bond donors (Lipinski definition) is 1. The van der Waals surface area contributed by atoms with Gasteiger partial charge in [-0.3, -0.25) is 14.4 Å². The first-order chi connectivity index (χ1) is 16.4. The van der Waals surface area contributed by atoms with E-state index in [4.69, 9.17) is 9.15 Å². The van der Waals surface area contributed by atoms with Crippen LogP contribution in [-0.4, -0.2) is 28.7 Å². The molecule has 0 aliphatic carbocycles. The molecule has 2 heterocycles. The fraction of sp³-hybridized carbons (Fsp3) is 0.0800. The number of aromatic nitrogens is 1. The summed E-state index contributed by atoms with van der Waals surface area (Å²) < 4.78 is 10.8. The lowest BCUT2D eigenvalue weighted by atomic mass is 10.1. The number of para-hydroxylation sites is 2. The summed E-state index contributed by atoms with van der Waals surface area (Å²) in [5.41, 5.74) is 2.54. The summed E-state index contributed by atoms with van der Waals surface area (Å²) in [6.45, 7) is 1.21. The second-order valence-electron chi connectivity index (χ2n) is 7.59. The lowest BCUT2D eigenvalue weighted by Gasteiger charge is -2.14. The highest BCUT2D eigenvalue weighted by Gasteiger charge is 2.37. The molecule has 3 amide bonds. The second-order valence-corrected chi connectivity index (χ2v) is 7.59. The van der Waals surface area contributed by atoms with Gasteiger partial charge in [0, 0.05) is 12.6 Å². The van der Waals surface area contributed by atoms with Gasteiger partial charge in [0.15, 0.2) is 12.2 Å². The van der Waals surface area contributed by atoms with E-state index in [0.29, 0.717) is 22.5 Å². The molecular weight excluding hydrogens is 438 g/mol. The van der Waals surface area contributed by atoms with Gasteiger partial charge in [-0.2, -0.15) is 0 Å². The van der Waals surface area contributed by atoms with Gasteiger partial charge in [0.05, 0.1) is 22.4 Å². The van der Waals surface area contributed by atoms with Gasteiger partial charge >= 0.3 is 5.97 Å². The smallest absolute Gasteiger partial charge is 0.338 e. The molecule has 5 rings (SSSR count). The molecular formula is C25H17N3O6. The van der Waals surface area contributed by atoms with Gasteiger partial charge in [0.25, 0.3) is 11.8 Å². The summed E-state index contributed by atoms with van der Waals surface area (Å²) in [4.78, 5) is 54.9. The van der Waals surface area contributed by atoms with Crippen LogP contribution in [0.5, 0.6) is 0 Å². The van der Waals surface area contributed by atoms with Crippen LogP contribution in [0.4, 0.5) is 11.4 Å². The van der Waals surface area contributed by atoms with Crippen LogP contribution in [0.25, 0.3) is 11.1 Å². The number of nitrogens with one attached hydrogen (secondary N) is 1. The molecule has 0 saturated carbocycles. The quantitative estimate of drug-likeness (QED) is 0.358. The molecule has 0 saturated heterocycles. The van der Waals surface area contributed by atoms with E-state index in [1.54, 1.807) is 36.4 Å². The second kappa shape index (κ2) is 8.28. The van der Waals surface area contributed by atoms with E-state index >= 15 is 0 Å². The van der Waals surface area contributed by atoms with E-state index in [0.717, 1.165) is 4.90 Å². The van der Waals surface area contributed by atoms with Crippen molar-refractivity contribution >= 4 is 46.2 Å². The summed E-state index contributed by atoms with van der Waals surface area (Å²) in [7, 11) is 0. The van der Waals surface area contributed by atoms with Crippen LogP contribution in [-0.2, 0) is 16.1 Å². The number of benzene rings is 3. The predicted octanol–water partition coefficient (Wildman–Crippen LogP) is 3.94. The van der Waals surface area contributed by atoms with Gasteiger partial charge in [-0.15, -0.1) is 0 Å². The first-order valence-corrected chi connectivity index (χ1v) is 10.3. The number of rotatable bonds is 5. The van der Waals surface area contributed by atoms with E-state index in [2.05, 4.69) is 10.3 Å². The van der Waals surface area contributed by atoms with Gasteiger partial charge in [-0.25, -0.2) is 14.7 Å². The summed E-state index contributed by atoms with van der Waals surface area (Å²) in [5, 5.41) is 2.62. The van der Waals surface area contributed by atoms with Crippen molar-refractivity contribution in [1.82, 2.24) is 4.98 Å². The SMILES string of the molecule is CC(=O)Nc1ccc(N2C(=O)c3ccc(C(=O)OCc4nc5ccccc5o4)cc3C2=O)cc1. The van der Waals surface area contributed by atoms with Crippen LogP contribution >= 0.6 is 0 Å². The molecule has 34 heavy (non-hydrogen) atoms. The van der Waals surface area contributed by atoms with E-state index in [9.17, 15) is 19.2 Å². The van der Waals surface area contributed by atoms with Crippen molar-refractivity contribution in [1.29, 1.82) is 0 Å². The molecule has 0 radical (unpaired) electrons. The number of carbonyl (C=O) groups is 4. The zero-order valence-electron chi connectivity index (χ0n) is 17.9. The lowest BCUT2D eigenvalue weighted by Crippen LogP contribution is -2.29.